The van der Waals surface area contributed by atoms with Crippen molar-refractivity contribution in [2.45, 2.75) is 50.7 Å². The number of rotatable bonds is 10. The van der Waals surface area contributed by atoms with Crippen LogP contribution in [0.15, 0.2) is 55.0 Å². The molecule has 6 nitrogen and oxygen atoms in total. The van der Waals surface area contributed by atoms with E-state index >= 15 is 0 Å². The van der Waals surface area contributed by atoms with Crippen LogP contribution in [0.3, 0.4) is 0 Å². The van der Waals surface area contributed by atoms with E-state index in [1.807, 2.05) is 24.7 Å². The van der Waals surface area contributed by atoms with Gasteiger partial charge in [-0.1, -0.05) is 25.0 Å². The number of nitrogens with zero attached hydrogens (tertiary/aromatic N) is 3. The maximum atomic E-state index is 8.80. The normalized spacial score (nSPS) is 18.0. The number of aliphatic hydroxyl groups is 1. The molecule has 4 aromatic rings. The van der Waals surface area contributed by atoms with Crippen LogP contribution in [0.2, 0.25) is 0 Å². The van der Waals surface area contributed by atoms with Gasteiger partial charge in [-0.2, -0.15) is 0 Å². The Labute approximate surface area is 194 Å². The fraction of sp³-hybridized carbons (Fsp3) is 0.407. The van der Waals surface area contributed by atoms with E-state index in [0.717, 1.165) is 56.3 Å². The maximum Gasteiger partial charge on any atom is 0.213 e. The number of aliphatic hydroxyl groups excluding tert-OH is 1. The second kappa shape index (κ2) is 9.89. The molecule has 0 radical (unpaired) electrons. The highest BCUT2D eigenvalue weighted by Crippen LogP contribution is 2.32. The first-order valence-corrected chi connectivity index (χ1v) is 11.9. The van der Waals surface area contributed by atoms with Gasteiger partial charge in [0.2, 0.25) is 5.88 Å². The monoisotopic (exact) mass is 445 g/mol. The molecule has 3 aromatic heterocycles. The summed E-state index contributed by atoms with van der Waals surface area (Å²) >= 11 is 0. The number of pyridine rings is 2. The maximum absolute atomic E-state index is 8.80. The van der Waals surface area contributed by atoms with Crippen molar-refractivity contribution in [1.29, 1.82) is 0 Å². The van der Waals surface area contributed by atoms with Gasteiger partial charge < -0.3 is 19.1 Å². The van der Waals surface area contributed by atoms with Crippen molar-refractivity contribution < 1.29 is 14.6 Å². The number of ether oxygens (including phenoxy) is 2. The Morgan fingerprint density at radius 2 is 1.76 bits per heavy atom. The molecule has 33 heavy (non-hydrogen) atoms. The predicted octanol–water partition coefficient (Wildman–Crippen LogP) is 5.27. The van der Waals surface area contributed by atoms with Gasteiger partial charge in [-0.15, -0.1) is 0 Å². The molecule has 3 heterocycles. The molecule has 6 heteroatoms. The van der Waals surface area contributed by atoms with Gasteiger partial charge in [-0.3, -0.25) is 4.98 Å². The highest BCUT2D eigenvalue weighted by molar-refractivity contribution is 6.08. The van der Waals surface area contributed by atoms with Crippen molar-refractivity contribution in [3.63, 3.8) is 0 Å². The average Bonchev–Trinajstić information content (AvgIpc) is 3.11. The minimum absolute atomic E-state index is 0.184. The van der Waals surface area contributed by atoms with Crippen LogP contribution in [0.1, 0.15) is 38.5 Å². The van der Waals surface area contributed by atoms with Gasteiger partial charge in [0.25, 0.3) is 0 Å². The lowest BCUT2D eigenvalue weighted by Gasteiger charge is -2.34. The van der Waals surface area contributed by atoms with Crippen LogP contribution in [0.4, 0.5) is 0 Å². The molecule has 0 saturated heterocycles. The number of hydrogen-bond acceptors (Lipinski definition) is 5. The molecule has 5 rings (SSSR count). The third-order valence-electron chi connectivity index (χ3n) is 6.62. The molecule has 172 valence electrons. The molecule has 0 unspecified atom stereocenters. The van der Waals surface area contributed by atoms with Crippen molar-refractivity contribution in [2.75, 3.05) is 13.2 Å². The smallest absolute Gasteiger partial charge is 0.213 e. The summed E-state index contributed by atoms with van der Waals surface area (Å²) < 4.78 is 14.1. The number of unbranched alkanes of at least 4 members (excludes halogenated alkanes) is 3. The Morgan fingerprint density at radius 3 is 2.58 bits per heavy atom. The van der Waals surface area contributed by atoms with Gasteiger partial charge >= 0.3 is 0 Å². The number of aryl methyl sites for hydroxylation is 1. The number of fused-ring (bicyclic) bond motifs is 3. The Morgan fingerprint density at radius 1 is 0.909 bits per heavy atom. The van der Waals surface area contributed by atoms with Crippen LogP contribution < -0.4 is 4.74 Å². The van der Waals surface area contributed by atoms with Crippen LogP contribution in [-0.2, 0) is 11.8 Å². The highest BCUT2D eigenvalue weighted by atomic mass is 16.5. The van der Waals surface area contributed by atoms with E-state index < -0.39 is 0 Å². The van der Waals surface area contributed by atoms with Gasteiger partial charge in [0.1, 0.15) is 6.10 Å². The van der Waals surface area contributed by atoms with E-state index in [1.165, 1.54) is 21.8 Å². The Hall–Kier alpha value is -2.96. The second-order valence-electron chi connectivity index (χ2n) is 8.91. The van der Waals surface area contributed by atoms with E-state index in [4.69, 9.17) is 14.6 Å². The summed E-state index contributed by atoms with van der Waals surface area (Å²) in [5, 5.41) is 11.2. The molecule has 0 aliphatic heterocycles. The van der Waals surface area contributed by atoms with Crippen molar-refractivity contribution in [3.05, 3.63) is 55.0 Å². The topological polar surface area (TPSA) is 69.4 Å². The molecule has 1 saturated carbocycles. The third kappa shape index (κ3) is 4.72. The van der Waals surface area contributed by atoms with Gasteiger partial charge in [0.05, 0.1) is 11.6 Å². The Kier molecular flexibility index (Phi) is 6.55. The summed E-state index contributed by atoms with van der Waals surface area (Å²) in [6.07, 6.45) is 12.1. The van der Waals surface area contributed by atoms with Crippen LogP contribution in [0.25, 0.3) is 32.9 Å². The van der Waals surface area contributed by atoms with Gasteiger partial charge in [-0.25, -0.2) is 4.98 Å². The van der Waals surface area contributed by atoms with Crippen LogP contribution in [0.5, 0.6) is 5.88 Å². The lowest BCUT2D eigenvalue weighted by Crippen LogP contribution is -2.39. The lowest BCUT2D eigenvalue weighted by atomic mass is 9.92. The quantitative estimate of drug-likeness (QED) is 0.337. The van der Waals surface area contributed by atoms with Crippen LogP contribution >= 0.6 is 0 Å². The summed E-state index contributed by atoms with van der Waals surface area (Å²) in [6, 6.07) is 12.6. The van der Waals surface area contributed by atoms with E-state index in [2.05, 4.69) is 51.9 Å². The zero-order chi connectivity index (χ0) is 22.6. The number of hydrogen-bond donors (Lipinski definition) is 1. The summed E-state index contributed by atoms with van der Waals surface area (Å²) in [6.45, 7) is 1.09. The van der Waals surface area contributed by atoms with Crippen molar-refractivity contribution in [3.8, 4) is 17.0 Å². The first-order chi connectivity index (χ1) is 16.2. The Bertz CT molecular complexity index is 1210. The fourth-order valence-electron chi connectivity index (χ4n) is 4.59. The average molecular weight is 446 g/mol. The SMILES string of the molecule is Cn1c2ccncc2c2ccc(-c3ccc(OC4CC(OCCCCCCO)C4)nc3)cc21. The summed E-state index contributed by atoms with van der Waals surface area (Å²) in [5.41, 5.74) is 4.58. The van der Waals surface area contributed by atoms with Crippen molar-refractivity contribution in [1.82, 2.24) is 14.5 Å². The summed E-state index contributed by atoms with van der Waals surface area (Å²) in [7, 11) is 2.09. The molecule has 1 aromatic carbocycles. The highest BCUT2D eigenvalue weighted by Gasteiger charge is 2.31. The minimum atomic E-state index is 0.184. The first kappa shape index (κ1) is 21.9. The molecule has 0 amide bonds. The van der Waals surface area contributed by atoms with Crippen LogP contribution in [-0.4, -0.2) is 45.1 Å². The van der Waals surface area contributed by atoms with Crippen molar-refractivity contribution in [2.24, 2.45) is 7.05 Å². The molecule has 0 atom stereocenters. The largest absolute Gasteiger partial charge is 0.474 e. The molecule has 0 bridgehead atoms. The van der Waals surface area contributed by atoms with E-state index in [0.29, 0.717) is 12.0 Å². The third-order valence-corrected chi connectivity index (χ3v) is 6.62. The molecule has 1 fully saturated rings. The van der Waals surface area contributed by atoms with Gasteiger partial charge in [0, 0.05) is 79.6 Å². The van der Waals surface area contributed by atoms with Crippen molar-refractivity contribution >= 4 is 21.8 Å². The number of benzene rings is 1. The van der Waals surface area contributed by atoms with Gasteiger partial charge in [-0.05, 0) is 36.6 Å². The molecule has 1 aliphatic carbocycles. The molecule has 1 N–H and O–H groups in total. The molecular weight excluding hydrogens is 414 g/mol. The number of aromatic nitrogens is 3. The first-order valence-electron chi connectivity index (χ1n) is 11.9. The summed E-state index contributed by atoms with van der Waals surface area (Å²) in [4.78, 5) is 8.83. The standard InChI is InChI=1S/C27H31N3O3/c1-30-25-10-11-28-18-24(25)23-8-6-19(14-26(23)30)20-7-9-27(29-17-20)33-22-15-21(16-22)32-13-5-3-2-4-12-31/h6-11,14,17-18,21-22,31H,2-5,12-13,15-16H2,1H3. The zero-order valence-corrected chi connectivity index (χ0v) is 19.1. The second-order valence-corrected chi connectivity index (χ2v) is 8.91. The molecule has 0 spiro atoms. The molecular formula is C27H31N3O3. The van der Waals surface area contributed by atoms with E-state index in [1.54, 1.807) is 0 Å². The minimum Gasteiger partial charge on any atom is -0.474 e. The predicted molar refractivity (Wildman–Crippen MR) is 130 cm³/mol. The van der Waals surface area contributed by atoms with Crippen LogP contribution in [0, 0.1) is 0 Å². The summed E-state index contributed by atoms with van der Waals surface area (Å²) in [5.74, 6) is 0.669. The fourth-order valence-corrected chi connectivity index (χ4v) is 4.59. The van der Waals surface area contributed by atoms with E-state index in [-0.39, 0.29) is 12.7 Å². The van der Waals surface area contributed by atoms with E-state index in [9.17, 15) is 0 Å². The lowest BCUT2D eigenvalue weighted by molar-refractivity contribution is -0.0628. The molecule has 1 aliphatic rings. The zero-order valence-electron chi connectivity index (χ0n) is 19.1. The Balaban J connectivity index is 1.16. The van der Waals surface area contributed by atoms with Gasteiger partial charge in [0.15, 0.2) is 0 Å².